The van der Waals surface area contributed by atoms with Gasteiger partial charge in [0.15, 0.2) is 11.5 Å². The van der Waals surface area contributed by atoms with E-state index in [1.165, 1.54) is 37.0 Å². The Balaban J connectivity index is 1.65. The maximum atomic E-state index is 12.4. The van der Waals surface area contributed by atoms with Gasteiger partial charge in [0.1, 0.15) is 5.01 Å². The number of benzene rings is 1. The highest BCUT2D eigenvalue weighted by molar-refractivity contribution is 7.15. The van der Waals surface area contributed by atoms with Gasteiger partial charge in [-0.25, -0.2) is 0 Å². The van der Waals surface area contributed by atoms with E-state index in [-0.39, 0.29) is 5.91 Å². The summed E-state index contributed by atoms with van der Waals surface area (Å²) in [5.41, 5.74) is 0.486. The zero-order chi connectivity index (χ0) is 16.9. The first-order valence-corrected chi connectivity index (χ1v) is 8.87. The summed E-state index contributed by atoms with van der Waals surface area (Å²) >= 11 is 1.45. The molecule has 24 heavy (non-hydrogen) atoms. The summed E-state index contributed by atoms with van der Waals surface area (Å²) in [5.74, 6) is 1.58. The maximum Gasteiger partial charge on any atom is 0.257 e. The van der Waals surface area contributed by atoms with Gasteiger partial charge in [0.25, 0.3) is 5.91 Å². The zero-order valence-electron chi connectivity index (χ0n) is 13.9. The van der Waals surface area contributed by atoms with Crippen LogP contribution >= 0.6 is 11.3 Å². The molecular weight excluding hydrogens is 326 g/mol. The van der Waals surface area contributed by atoms with E-state index in [1.807, 2.05) is 0 Å². The average Bonchev–Trinajstić information content (AvgIpc) is 3.26. The number of aromatic nitrogens is 2. The summed E-state index contributed by atoms with van der Waals surface area (Å²) < 4.78 is 10.4. The first-order valence-electron chi connectivity index (χ1n) is 8.05. The number of carbonyl (C=O) groups excluding carboxylic acids is 1. The van der Waals surface area contributed by atoms with E-state index in [0.717, 1.165) is 11.4 Å². The van der Waals surface area contributed by atoms with Gasteiger partial charge in [-0.1, -0.05) is 37.0 Å². The van der Waals surface area contributed by atoms with Crippen LogP contribution in [0.3, 0.4) is 0 Å². The molecule has 1 aliphatic rings. The Labute approximate surface area is 145 Å². The number of nitrogens with one attached hydrogen (secondary N) is 1. The van der Waals surface area contributed by atoms with Gasteiger partial charge in [0.2, 0.25) is 5.13 Å². The van der Waals surface area contributed by atoms with E-state index in [1.54, 1.807) is 32.4 Å². The fourth-order valence-electron chi connectivity index (χ4n) is 2.99. The lowest BCUT2D eigenvalue weighted by atomic mass is 10.1. The maximum absolute atomic E-state index is 12.4. The minimum absolute atomic E-state index is 0.237. The van der Waals surface area contributed by atoms with Gasteiger partial charge in [-0.2, -0.15) is 0 Å². The van der Waals surface area contributed by atoms with Gasteiger partial charge in [-0.15, -0.1) is 10.2 Å². The van der Waals surface area contributed by atoms with Crippen molar-refractivity contribution in [3.05, 3.63) is 28.8 Å². The highest BCUT2D eigenvalue weighted by Gasteiger charge is 2.18. The highest BCUT2D eigenvalue weighted by Crippen LogP contribution is 2.30. The number of nitrogens with zero attached hydrogens (tertiary/aromatic N) is 2. The Kier molecular flexibility index (Phi) is 5.30. The van der Waals surface area contributed by atoms with Crippen LogP contribution in [0.15, 0.2) is 18.2 Å². The van der Waals surface area contributed by atoms with Crippen LogP contribution in [-0.4, -0.2) is 30.3 Å². The molecule has 2 aromatic rings. The molecule has 1 N–H and O–H groups in total. The van der Waals surface area contributed by atoms with E-state index < -0.39 is 0 Å². The van der Waals surface area contributed by atoms with E-state index in [0.29, 0.717) is 28.1 Å². The highest BCUT2D eigenvalue weighted by atomic mass is 32.1. The van der Waals surface area contributed by atoms with Crippen LogP contribution in [0.4, 0.5) is 5.13 Å². The number of rotatable bonds is 6. The smallest absolute Gasteiger partial charge is 0.257 e. The normalized spacial score (nSPS) is 14.6. The third-order valence-electron chi connectivity index (χ3n) is 4.27. The zero-order valence-corrected chi connectivity index (χ0v) is 14.7. The first kappa shape index (κ1) is 16.7. The van der Waals surface area contributed by atoms with Crippen molar-refractivity contribution in [2.24, 2.45) is 5.92 Å². The molecule has 1 aliphatic carbocycles. The molecule has 0 atom stereocenters. The van der Waals surface area contributed by atoms with E-state index >= 15 is 0 Å². The van der Waals surface area contributed by atoms with Crippen LogP contribution in [0.25, 0.3) is 0 Å². The van der Waals surface area contributed by atoms with E-state index in [4.69, 9.17) is 9.47 Å². The summed E-state index contributed by atoms with van der Waals surface area (Å²) in [6.07, 6.45) is 6.13. The van der Waals surface area contributed by atoms with E-state index in [2.05, 4.69) is 15.5 Å². The Morgan fingerprint density at radius 3 is 2.67 bits per heavy atom. The molecule has 0 unspecified atom stereocenters. The minimum Gasteiger partial charge on any atom is -0.493 e. The van der Waals surface area contributed by atoms with Crippen LogP contribution in [0.2, 0.25) is 0 Å². The molecule has 0 spiro atoms. The summed E-state index contributed by atoms with van der Waals surface area (Å²) in [6.45, 7) is 0. The third kappa shape index (κ3) is 3.84. The van der Waals surface area contributed by atoms with Crippen molar-refractivity contribution in [1.82, 2.24) is 10.2 Å². The van der Waals surface area contributed by atoms with Crippen LogP contribution in [0.1, 0.15) is 41.0 Å². The summed E-state index contributed by atoms with van der Waals surface area (Å²) in [6, 6.07) is 5.05. The van der Waals surface area contributed by atoms with Gasteiger partial charge in [-0.3, -0.25) is 10.1 Å². The number of carbonyl (C=O) groups is 1. The molecule has 1 heterocycles. The average molecular weight is 347 g/mol. The summed E-state index contributed by atoms with van der Waals surface area (Å²) in [7, 11) is 3.10. The lowest BCUT2D eigenvalue weighted by Gasteiger charge is -2.09. The van der Waals surface area contributed by atoms with Crippen molar-refractivity contribution < 1.29 is 14.3 Å². The van der Waals surface area contributed by atoms with E-state index in [9.17, 15) is 4.79 Å². The molecular formula is C17H21N3O3S. The number of amides is 1. The number of anilines is 1. The quantitative estimate of drug-likeness (QED) is 0.865. The Hall–Kier alpha value is -2.15. The Morgan fingerprint density at radius 2 is 1.96 bits per heavy atom. The standard InChI is InChI=1S/C17H21N3O3S/c1-22-13-8-7-12(10-14(13)23-2)16(21)18-17-20-19-15(24-17)9-11-5-3-4-6-11/h7-8,10-11H,3-6,9H2,1-2H3,(H,18,20,21). The van der Waals surface area contributed by atoms with Crippen molar-refractivity contribution in [2.75, 3.05) is 19.5 Å². The third-order valence-corrected chi connectivity index (χ3v) is 5.13. The molecule has 6 nitrogen and oxygen atoms in total. The van der Waals surface area contributed by atoms with Crippen LogP contribution in [0.5, 0.6) is 11.5 Å². The second-order valence-corrected chi connectivity index (χ2v) is 6.94. The molecule has 0 aliphatic heterocycles. The molecule has 1 aromatic carbocycles. The van der Waals surface area contributed by atoms with Crippen molar-refractivity contribution >= 4 is 22.4 Å². The van der Waals surface area contributed by atoms with Gasteiger partial charge in [0.05, 0.1) is 14.2 Å². The van der Waals surface area contributed by atoms with Crippen molar-refractivity contribution in [3.63, 3.8) is 0 Å². The fraction of sp³-hybridized carbons (Fsp3) is 0.471. The molecule has 0 saturated heterocycles. The molecule has 1 amide bonds. The molecule has 0 radical (unpaired) electrons. The van der Waals surface area contributed by atoms with Gasteiger partial charge in [-0.05, 0) is 24.1 Å². The molecule has 128 valence electrons. The Morgan fingerprint density at radius 1 is 1.21 bits per heavy atom. The van der Waals surface area contributed by atoms with Crippen LogP contribution in [0, 0.1) is 5.92 Å². The number of hydrogen-bond donors (Lipinski definition) is 1. The minimum atomic E-state index is -0.237. The lowest BCUT2D eigenvalue weighted by Crippen LogP contribution is -2.12. The summed E-state index contributed by atoms with van der Waals surface area (Å²) in [5, 5.41) is 12.6. The summed E-state index contributed by atoms with van der Waals surface area (Å²) in [4.78, 5) is 12.4. The number of methoxy groups -OCH3 is 2. The van der Waals surface area contributed by atoms with Gasteiger partial charge in [0, 0.05) is 12.0 Å². The lowest BCUT2D eigenvalue weighted by molar-refractivity contribution is 0.102. The molecule has 1 aromatic heterocycles. The topological polar surface area (TPSA) is 73.3 Å². The first-order chi connectivity index (χ1) is 11.7. The monoisotopic (exact) mass is 347 g/mol. The van der Waals surface area contributed by atoms with Crippen molar-refractivity contribution in [3.8, 4) is 11.5 Å². The molecule has 0 bridgehead atoms. The second kappa shape index (κ2) is 7.61. The predicted molar refractivity (Wildman–Crippen MR) is 93.1 cm³/mol. The van der Waals surface area contributed by atoms with Crippen molar-refractivity contribution in [1.29, 1.82) is 0 Å². The van der Waals surface area contributed by atoms with Crippen LogP contribution in [-0.2, 0) is 6.42 Å². The molecule has 7 heteroatoms. The van der Waals surface area contributed by atoms with Gasteiger partial charge >= 0.3 is 0 Å². The number of hydrogen-bond acceptors (Lipinski definition) is 6. The fourth-order valence-corrected chi connectivity index (χ4v) is 3.84. The second-order valence-electron chi connectivity index (χ2n) is 5.88. The molecule has 1 fully saturated rings. The molecule has 3 rings (SSSR count). The van der Waals surface area contributed by atoms with Crippen LogP contribution < -0.4 is 14.8 Å². The Bertz CT molecular complexity index is 711. The van der Waals surface area contributed by atoms with Crippen molar-refractivity contribution in [2.45, 2.75) is 32.1 Å². The SMILES string of the molecule is COc1ccc(C(=O)Nc2nnc(CC3CCCC3)s2)cc1OC. The molecule has 1 saturated carbocycles. The number of ether oxygens (including phenoxy) is 2. The predicted octanol–water partition coefficient (Wildman–Crippen LogP) is 3.54. The largest absolute Gasteiger partial charge is 0.493 e. The van der Waals surface area contributed by atoms with Gasteiger partial charge < -0.3 is 9.47 Å².